The highest BCUT2D eigenvalue weighted by molar-refractivity contribution is 5.89. The Kier molecular flexibility index (Phi) is 7.14. The summed E-state index contributed by atoms with van der Waals surface area (Å²) in [5.41, 5.74) is 10.9. The lowest BCUT2D eigenvalue weighted by Crippen LogP contribution is -2.64. The third-order valence-electron chi connectivity index (χ3n) is 6.48. The average Bonchev–Trinajstić information content (AvgIpc) is 2.82. The Bertz CT molecular complexity index is 1160. The molecule has 2 fully saturated rings. The molecule has 12 heteroatoms. The van der Waals surface area contributed by atoms with E-state index in [1.165, 1.54) is 4.57 Å². The maximum absolute atomic E-state index is 12.6. The summed E-state index contributed by atoms with van der Waals surface area (Å²) in [7, 11) is 0. The summed E-state index contributed by atoms with van der Waals surface area (Å²) in [6.07, 6.45) is 1.57. The van der Waals surface area contributed by atoms with Crippen LogP contribution < -0.4 is 22.5 Å². The van der Waals surface area contributed by atoms with Crippen LogP contribution in [0.1, 0.15) is 19.4 Å². The Labute approximate surface area is 209 Å². The van der Waals surface area contributed by atoms with E-state index in [9.17, 15) is 19.5 Å². The van der Waals surface area contributed by atoms with Gasteiger partial charge in [-0.25, -0.2) is 9.59 Å². The maximum Gasteiger partial charge on any atom is 0.354 e. The fourth-order valence-corrected chi connectivity index (χ4v) is 4.43. The van der Waals surface area contributed by atoms with E-state index < -0.39 is 16.8 Å². The van der Waals surface area contributed by atoms with Crippen molar-refractivity contribution in [2.24, 2.45) is 11.5 Å². The summed E-state index contributed by atoms with van der Waals surface area (Å²) < 4.78 is 1.40. The van der Waals surface area contributed by atoms with Gasteiger partial charge in [-0.1, -0.05) is 12.1 Å². The molecule has 194 valence electrons. The number of likely N-dealkylation sites (tertiary alicyclic amines) is 1. The van der Waals surface area contributed by atoms with Gasteiger partial charge >= 0.3 is 11.7 Å². The summed E-state index contributed by atoms with van der Waals surface area (Å²) in [4.78, 5) is 46.9. The summed E-state index contributed by atoms with van der Waals surface area (Å²) >= 11 is 0. The number of piperazine rings is 1. The second-order valence-electron chi connectivity index (χ2n) is 10.1. The molecule has 3 heterocycles. The van der Waals surface area contributed by atoms with Crippen molar-refractivity contribution < 1.29 is 14.7 Å². The molecule has 6 N–H and O–H groups in total. The van der Waals surface area contributed by atoms with Crippen LogP contribution >= 0.6 is 0 Å². The van der Waals surface area contributed by atoms with Gasteiger partial charge in [0.1, 0.15) is 11.4 Å². The van der Waals surface area contributed by atoms with Crippen LogP contribution in [0.2, 0.25) is 0 Å². The van der Waals surface area contributed by atoms with Crippen LogP contribution in [-0.2, 0) is 11.3 Å². The standard InChI is InChI=1S/C24H34N8O4/c1-23(2,26)20(33)30-9-11-31(12-10-30)21(34)27-19-7-8-32(22(35)28-19)18-5-3-17(4-6-18)13-29-15-24(36,14-25)16-29/h3-8,36H,9-16,25-26H2,1-2H3,(H,27,28,34,35). The highest BCUT2D eigenvalue weighted by atomic mass is 16.3. The van der Waals surface area contributed by atoms with Crippen LogP contribution in [0, 0.1) is 0 Å². The normalized spacial score (nSPS) is 18.0. The average molecular weight is 499 g/mol. The minimum absolute atomic E-state index is 0.153. The van der Waals surface area contributed by atoms with Crippen molar-refractivity contribution in [2.75, 3.05) is 51.1 Å². The lowest BCUT2D eigenvalue weighted by atomic mass is 9.94. The lowest BCUT2D eigenvalue weighted by Gasteiger charge is -2.45. The molecule has 0 saturated carbocycles. The Balaban J connectivity index is 1.32. The Morgan fingerprint density at radius 3 is 2.25 bits per heavy atom. The molecule has 2 aliphatic rings. The molecule has 3 amide bonds. The molecule has 2 saturated heterocycles. The molecule has 0 bridgehead atoms. The zero-order valence-corrected chi connectivity index (χ0v) is 20.7. The predicted molar refractivity (Wildman–Crippen MR) is 135 cm³/mol. The minimum atomic E-state index is -0.954. The summed E-state index contributed by atoms with van der Waals surface area (Å²) in [5.74, 6) is 0.00448. The Hall–Kier alpha value is -3.32. The van der Waals surface area contributed by atoms with E-state index in [0.717, 1.165) is 5.56 Å². The van der Waals surface area contributed by atoms with Gasteiger partial charge in [-0.2, -0.15) is 4.98 Å². The molecular formula is C24H34N8O4. The zero-order chi connectivity index (χ0) is 26.1. The maximum atomic E-state index is 12.6. The van der Waals surface area contributed by atoms with E-state index in [0.29, 0.717) is 51.5 Å². The quantitative estimate of drug-likeness (QED) is 0.400. The highest BCUT2D eigenvalue weighted by Crippen LogP contribution is 2.22. The molecule has 0 spiro atoms. The van der Waals surface area contributed by atoms with Gasteiger partial charge in [-0.05, 0) is 37.6 Å². The number of amides is 3. The SMILES string of the molecule is CC(C)(N)C(=O)N1CCN(C(=O)Nc2ccn(-c3ccc(CN4CC(O)(CN)C4)cc3)c(=O)n2)CC1. The number of nitrogens with one attached hydrogen (secondary N) is 1. The lowest BCUT2D eigenvalue weighted by molar-refractivity contribution is -0.137. The number of carbonyl (C=O) groups excluding carboxylic acids is 2. The molecule has 0 atom stereocenters. The Morgan fingerprint density at radius 1 is 1.08 bits per heavy atom. The van der Waals surface area contributed by atoms with Gasteiger partial charge < -0.3 is 26.4 Å². The first kappa shape index (κ1) is 25.8. The number of anilines is 1. The van der Waals surface area contributed by atoms with Crippen LogP contribution in [-0.4, -0.2) is 98.2 Å². The fourth-order valence-electron chi connectivity index (χ4n) is 4.43. The molecule has 12 nitrogen and oxygen atoms in total. The van der Waals surface area contributed by atoms with E-state index in [1.807, 2.05) is 24.3 Å². The van der Waals surface area contributed by atoms with Crippen molar-refractivity contribution in [1.29, 1.82) is 0 Å². The van der Waals surface area contributed by atoms with E-state index >= 15 is 0 Å². The summed E-state index contributed by atoms with van der Waals surface area (Å²) in [5, 5.41) is 12.7. The van der Waals surface area contributed by atoms with Crippen molar-refractivity contribution in [3.8, 4) is 5.69 Å². The van der Waals surface area contributed by atoms with Crippen LogP contribution in [0.5, 0.6) is 0 Å². The predicted octanol–water partition coefficient (Wildman–Crippen LogP) is -0.849. The van der Waals surface area contributed by atoms with Crippen molar-refractivity contribution in [3.05, 3.63) is 52.6 Å². The first-order valence-corrected chi connectivity index (χ1v) is 12.0. The van der Waals surface area contributed by atoms with Crippen molar-refractivity contribution in [3.63, 3.8) is 0 Å². The number of rotatable bonds is 6. The number of carbonyl (C=O) groups is 2. The molecule has 0 radical (unpaired) electrons. The van der Waals surface area contributed by atoms with Gasteiger partial charge in [-0.15, -0.1) is 0 Å². The second-order valence-corrected chi connectivity index (χ2v) is 10.1. The highest BCUT2D eigenvalue weighted by Gasteiger charge is 2.39. The fraction of sp³-hybridized carbons (Fsp3) is 0.500. The number of aliphatic hydroxyl groups is 1. The number of nitrogens with two attached hydrogens (primary N) is 2. The van der Waals surface area contributed by atoms with Crippen molar-refractivity contribution >= 4 is 17.8 Å². The Morgan fingerprint density at radius 2 is 1.69 bits per heavy atom. The zero-order valence-electron chi connectivity index (χ0n) is 20.7. The third kappa shape index (κ3) is 5.73. The van der Waals surface area contributed by atoms with Gasteiger partial charge in [-0.3, -0.25) is 19.6 Å². The molecule has 0 unspecified atom stereocenters. The van der Waals surface area contributed by atoms with Gasteiger partial charge in [0.15, 0.2) is 0 Å². The van der Waals surface area contributed by atoms with Crippen LogP contribution in [0.3, 0.4) is 0 Å². The second kappa shape index (κ2) is 9.97. The first-order chi connectivity index (χ1) is 17.0. The smallest absolute Gasteiger partial charge is 0.354 e. The summed E-state index contributed by atoms with van der Waals surface area (Å²) in [6.45, 7) is 6.85. The summed E-state index contributed by atoms with van der Waals surface area (Å²) in [6, 6.07) is 8.69. The number of hydrogen-bond donors (Lipinski definition) is 4. The molecule has 2 aliphatic heterocycles. The van der Waals surface area contributed by atoms with Gasteiger partial charge in [0.25, 0.3) is 0 Å². The van der Waals surface area contributed by atoms with Crippen molar-refractivity contribution in [1.82, 2.24) is 24.3 Å². The van der Waals surface area contributed by atoms with Crippen molar-refractivity contribution in [2.45, 2.75) is 31.5 Å². The molecular weight excluding hydrogens is 464 g/mol. The largest absolute Gasteiger partial charge is 0.386 e. The van der Waals surface area contributed by atoms with Crippen LogP contribution in [0.4, 0.5) is 10.6 Å². The van der Waals surface area contributed by atoms with E-state index in [2.05, 4.69) is 15.2 Å². The topological polar surface area (TPSA) is 163 Å². The first-order valence-electron chi connectivity index (χ1n) is 12.0. The van der Waals surface area contributed by atoms with E-state index in [-0.39, 0.29) is 24.3 Å². The molecule has 0 aliphatic carbocycles. The van der Waals surface area contributed by atoms with Crippen LogP contribution in [0.15, 0.2) is 41.3 Å². The molecule has 2 aromatic rings. The number of β-amino-alcohol motifs (C(OH)–C–C–N with tert-alkyl or cyclic N) is 1. The van der Waals surface area contributed by atoms with Gasteiger partial charge in [0.05, 0.1) is 11.2 Å². The van der Waals surface area contributed by atoms with Crippen LogP contribution in [0.25, 0.3) is 5.69 Å². The monoisotopic (exact) mass is 498 g/mol. The van der Waals surface area contributed by atoms with E-state index in [4.69, 9.17) is 11.5 Å². The van der Waals surface area contributed by atoms with E-state index in [1.54, 1.807) is 35.9 Å². The molecule has 1 aromatic carbocycles. The molecule has 1 aromatic heterocycles. The minimum Gasteiger partial charge on any atom is -0.386 e. The molecule has 4 rings (SSSR count). The number of benzene rings is 1. The number of hydrogen-bond acceptors (Lipinski definition) is 8. The third-order valence-corrected chi connectivity index (χ3v) is 6.48. The number of aromatic nitrogens is 2. The number of urea groups is 1. The van der Waals surface area contributed by atoms with Gasteiger partial charge in [0.2, 0.25) is 5.91 Å². The van der Waals surface area contributed by atoms with Gasteiger partial charge in [0, 0.05) is 58.6 Å². The molecule has 36 heavy (non-hydrogen) atoms. The number of nitrogens with zero attached hydrogens (tertiary/aromatic N) is 5.